The summed E-state index contributed by atoms with van der Waals surface area (Å²) in [6.07, 6.45) is 0.802. The van der Waals surface area contributed by atoms with Crippen molar-refractivity contribution in [2.24, 2.45) is 5.41 Å². The third-order valence-electron chi connectivity index (χ3n) is 1.81. The van der Waals surface area contributed by atoms with E-state index in [0.29, 0.717) is 6.73 Å². The molecule has 0 fully saturated rings. The maximum Gasteiger partial charge on any atom is 0.312 e. The molecule has 0 heterocycles. The van der Waals surface area contributed by atoms with E-state index in [1.165, 1.54) is 0 Å². The van der Waals surface area contributed by atoms with Crippen molar-refractivity contribution in [3.05, 3.63) is 0 Å². The Kier molecular flexibility index (Phi) is 5.08. The number of rotatable bonds is 4. The van der Waals surface area contributed by atoms with E-state index in [2.05, 4.69) is 22.9 Å². The van der Waals surface area contributed by atoms with Gasteiger partial charge >= 0.3 is 5.97 Å². The lowest BCUT2D eigenvalue weighted by atomic mass is 9.91. The van der Waals surface area contributed by atoms with Gasteiger partial charge in [0.05, 0.1) is 5.41 Å². The topological polar surface area (TPSA) is 29.5 Å². The minimum atomic E-state index is -0.355. The van der Waals surface area contributed by atoms with Gasteiger partial charge in [0.2, 0.25) is 0 Å². The first-order chi connectivity index (χ1) is 5.40. The summed E-state index contributed by atoms with van der Waals surface area (Å²) >= 11 is 2.07. The highest BCUT2D eigenvalue weighted by molar-refractivity contribution is 14.1. The first-order valence-electron chi connectivity index (χ1n) is 3.94. The Bertz CT molecular complexity index is 157. The lowest BCUT2D eigenvalue weighted by molar-refractivity contribution is -0.156. The van der Waals surface area contributed by atoms with E-state index in [-0.39, 0.29) is 11.4 Å². The summed E-state index contributed by atoms with van der Waals surface area (Å²) < 4.78 is 6.83. The van der Waals surface area contributed by atoms with Crippen LogP contribution in [0.15, 0.2) is 0 Å². The highest BCUT2D eigenvalue weighted by Gasteiger charge is 2.26. The van der Waals surface area contributed by atoms with Gasteiger partial charge in [0.1, 0.15) is 0 Å². The van der Waals surface area contributed by atoms with Crippen LogP contribution in [0.4, 0.5) is 0 Å². The Morgan fingerprint density at radius 3 is 2.42 bits per heavy atom. The van der Waals surface area contributed by atoms with Crippen molar-refractivity contribution >= 4 is 28.8 Å². The van der Waals surface area contributed by atoms with Gasteiger partial charge in [-0.05, 0) is 20.3 Å². The molecule has 0 saturated heterocycles. The Hall–Kier alpha value is 0.160. The number of halogens is 1. The molecule has 0 aliphatic heterocycles. The van der Waals surface area contributed by atoms with Gasteiger partial charge in [0.25, 0.3) is 0 Å². The number of esters is 1. The van der Waals surface area contributed by atoms with Crippen molar-refractivity contribution in [3.63, 3.8) is 0 Å². The summed E-state index contributed by atoms with van der Waals surface area (Å²) in [7, 11) is 1.85. The third-order valence-corrected chi connectivity index (χ3v) is 2.09. The SMILES string of the molecule is CCC(C)(C)C(=O)OCN(C)I. The van der Waals surface area contributed by atoms with E-state index in [0.717, 1.165) is 6.42 Å². The molecule has 0 aromatic heterocycles. The van der Waals surface area contributed by atoms with Crippen molar-refractivity contribution in [2.75, 3.05) is 13.8 Å². The van der Waals surface area contributed by atoms with E-state index >= 15 is 0 Å². The van der Waals surface area contributed by atoms with E-state index in [9.17, 15) is 4.79 Å². The molecule has 0 saturated carbocycles. The van der Waals surface area contributed by atoms with Crippen LogP contribution in [0.2, 0.25) is 0 Å². The fraction of sp³-hybridized carbons (Fsp3) is 0.875. The molecule has 0 atom stereocenters. The lowest BCUT2D eigenvalue weighted by Crippen LogP contribution is -2.28. The summed E-state index contributed by atoms with van der Waals surface area (Å²) in [6, 6.07) is 0. The van der Waals surface area contributed by atoms with Crippen LogP contribution < -0.4 is 0 Å². The van der Waals surface area contributed by atoms with Crippen LogP contribution in [0, 0.1) is 5.41 Å². The molecule has 3 nitrogen and oxygen atoms in total. The summed E-state index contributed by atoms with van der Waals surface area (Å²) in [6.45, 7) is 6.11. The molecule has 0 radical (unpaired) electrons. The molecule has 0 bridgehead atoms. The second kappa shape index (κ2) is 5.01. The summed E-state index contributed by atoms with van der Waals surface area (Å²) in [5.41, 5.74) is -0.355. The molecule has 0 aromatic rings. The van der Waals surface area contributed by atoms with Gasteiger partial charge in [-0.25, -0.2) is 3.11 Å². The van der Waals surface area contributed by atoms with Gasteiger partial charge in [-0.3, -0.25) is 4.79 Å². The minimum Gasteiger partial charge on any atom is -0.448 e. The van der Waals surface area contributed by atoms with E-state index in [4.69, 9.17) is 4.74 Å². The van der Waals surface area contributed by atoms with Crippen LogP contribution in [-0.2, 0) is 9.53 Å². The average molecular weight is 285 g/mol. The number of hydrogen-bond acceptors (Lipinski definition) is 3. The van der Waals surface area contributed by atoms with Gasteiger partial charge in [-0.2, -0.15) is 0 Å². The second-order valence-corrected chi connectivity index (χ2v) is 5.05. The molecule has 0 N–H and O–H groups in total. The van der Waals surface area contributed by atoms with Crippen molar-refractivity contribution in [1.29, 1.82) is 0 Å². The van der Waals surface area contributed by atoms with Crippen LogP contribution in [0.5, 0.6) is 0 Å². The fourth-order valence-electron chi connectivity index (χ4n) is 0.487. The standard InChI is InChI=1S/C8H16INO2/c1-5-8(2,3)7(11)12-6-10(4)9/h5-6H2,1-4H3. The first kappa shape index (κ1) is 12.2. The molecule has 0 spiro atoms. The van der Waals surface area contributed by atoms with Crippen LogP contribution in [0.3, 0.4) is 0 Å². The average Bonchev–Trinajstić information content (AvgIpc) is 2.00. The van der Waals surface area contributed by atoms with E-state index < -0.39 is 0 Å². The van der Waals surface area contributed by atoms with Gasteiger partial charge in [0.15, 0.2) is 6.73 Å². The summed E-state index contributed by atoms with van der Waals surface area (Å²) in [5.74, 6) is -0.131. The Labute approximate surface area is 87.9 Å². The zero-order valence-corrected chi connectivity index (χ0v) is 10.2. The summed E-state index contributed by atoms with van der Waals surface area (Å²) in [4.78, 5) is 11.3. The Morgan fingerprint density at radius 2 is 2.08 bits per heavy atom. The largest absolute Gasteiger partial charge is 0.448 e. The molecular formula is C8H16INO2. The third kappa shape index (κ3) is 4.25. The summed E-state index contributed by atoms with van der Waals surface area (Å²) in [5, 5.41) is 0. The molecule has 72 valence electrons. The number of carbonyl (C=O) groups is 1. The fourth-order valence-corrected chi connectivity index (χ4v) is 0.627. The highest BCUT2D eigenvalue weighted by atomic mass is 127. The molecule has 0 amide bonds. The molecule has 0 aromatic carbocycles. The Morgan fingerprint density at radius 1 is 1.58 bits per heavy atom. The molecule has 4 heteroatoms. The van der Waals surface area contributed by atoms with Crippen LogP contribution in [-0.4, -0.2) is 22.9 Å². The number of nitrogens with zero attached hydrogens (tertiary/aromatic N) is 1. The van der Waals surface area contributed by atoms with Crippen LogP contribution in [0.1, 0.15) is 27.2 Å². The van der Waals surface area contributed by atoms with Crippen molar-refractivity contribution in [3.8, 4) is 0 Å². The van der Waals surface area contributed by atoms with Crippen molar-refractivity contribution in [2.45, 2.75) is 27.2 Å². The number of hydrogen-bond donors (Lipinski definition) is 0. The number of ether oxygens (including phenoxy) is 1. The predicted molar refractivity (Wildman–Crippen MR) is 56.8 cm³/mol. The second-order valence-electron chi connectivity index (χ2n) is 3.40. The molecular weight excluding hydrogens is 269 g/mol. The van der Waals surface area contributed by atoms with Crippen LogP contribution in [0.25, 0.3) is 0 Å². The number of carbonyl (C=O) groups excluding carboxylic acids is 1. The van der Waals surface area contributed by atoms with E-state index in [1.54, 1.807) is 3.11 Å². The van der Waals surface area contributed by atoms with Gasteiger partial charge in [-0.15, -0.1) is 0 Å². The maximum atomic E-state index is 11.3. The first-order valence-corrected chi connectivity index (χ1v) is 4.90. The molecule has 0 rings (SSSR count). The minimum absolute atomic E-state index is 0.131. The van der Waals surface area contributed by atoms with Gasteiger partial charge in [0, 0.05) is 29.9 Å². The van der Waals surface area contributed by atoms with Gasteiger partial charge in [-0.1, -0.05) is 6.92 Å². The smallest absolute Gasteiger partial charge is 0.312 e. The normalized spacial score (nSPS) is 11.8. The van der Waals surface area contributed by atoms with E-state index in [1.807, 2.05) is 27.8 Å². The monoisotopic (exact) mass is 285 g/mol. The van der Waals surface area contributed by atoms with Crippen LogP contribution >= 0.6 is 22.9 Å². The zero-order chi connectivity index (χ0) is 9.78. The molecule has 0 aliphatic carbocycles. The Balaban J connectivity index is 3.88. The molecule has 0 unspecified atom stereocenters. The lowest BCUT2D eigenvalue weighted by Gasteiger charge is -2.21. The molecule has 12 heavy (non-hydrogen) atoms. The van der Waals surface area contributed by atoms with Gasteiger partial charge < -0.3 is 4.74 Å². The maximum absolute atomic E-state index is 11.3. The highest BCUT2D eigenvalue weighted by Crippen LogP contribution is 2.21. The quantitative estimate of drug-likeness (QED) is 0.343. The van der Waals surface area contributed by atoms with Crippen molar-refractivity contribution < 1.29 is 9.53 Å². The molecule has 0 aliphatic rings. The predicted octanol–water partition coefficient (Wildman–Crippen LogP) is 2.21. The zero-order valence-electron chi connectivity index (χ0n) is 8.06. The van der Waals surface area contributed by atoms with Crippen molar-refractivity contribution in [1.82, 2.24) is 3.11 Å².